The average molecular weight is 311 g/mol. The normalized spacial score (nSPS) is 22.1. The lowest BCUT2D eigenvalue weighted by molar-refractivity contribution is 0.0995. The number of rotatable bonds is 6. The molecule has 2 aliphatic rings. The van der Waals surface area contributed by atoms with E-state index in [1.54, 1.807) is 0 Å². The van der Waals surface area contributed by atoms with Crippen LogP contribution >= 0.6 is 11.6 Å². The third kappa shape index (κ3) is 3.69. The van der Waals surface area contributed by atoms with Crippen LogP contribution < -0.4 is 16.0 Å². The van der Waals surface area contributed by atoms with Crippen LogP contribution in [-0.4, -0.2) is 25.4 Å². The highest BCUT2D eigenvalue weighted by Gasteiger charge is 2.22. The van der Waals surface area contributed by atoms with Crippen molar-refractivity contribution in [3.8, 4) is 5.75 Å². The number of nitrogens with one attached hydrogen (secondary N) is 1. The van der Waals surface area contributed by atoms with Crippen LogP contribution in [0.1, 0.15) is 36.8 Å². The van der Waals surface area contributed by atoms with Gasteiger partial charge in [-0.3, -0.25) is 11.3 Å². The van der Waals surface area contributed by atoms with Crippen molar-refractivity contribution in [3.05, 3.63) is 28.3 Å². The van der Waals surface area contributed by atoms with Crippen LogP contribution in [0.25, 0.3) is 0 Å². The minimum absolute atomic E-state index is 0.223. The van der Waals surface area contributed by atoms with Crippen molar-refractivity contribution in [2.75, 3.05) is 13.2 Å². The van der Waals surface area contributed by atoms with Gasteiger partial charge in [0.15, 0.2) is 0 Å². The quantitative estimate of drug-likeness (QED) is 0.626. The molecule has 1 aromatic carbocycles. The maximum atomic E-state index is 6.21. The van der Waals surface area contributed by atoms with Crippen molar-refractivity contribution in [1.29, 1.82) is 0 Å². The van der Waals surface area contributed by atoms with Gasteiger partial charge in [0.25, 0.3) is 0 Å². The van der Waals surface area contributed by atoms with E-state index in [-0.39, 0.29) is 6.04 Å². The highest BCUT2D eigenvalue weighted by molar-refractivity contribution is 6.30. The molecule has 0 radical (unpaired) electrons. The summed E-state index contributed by atoms with van der Waals surface area (Å²) in [7, 11) is 0. The zero-order chi connectivity index (χ0) is 14.7. The predicted molar refractivity (Wildman–Crippen MR) is 83.7 cm³/mol. The van der Waals surface area contributed by atoms with E-state index >= 15 is 0 Å². The van der Waals surface area contributed by atoms with Gasteiger partial charge in [-0.05, 0) is 55.4 Å². The van der Waals surface area contributed by atoms with Crippen molar-refractivity contribution in [1.82, 2.24) is 5.43 Å². The first kappa shape index (κ1) is 15.1. The SMILES string of the molecule is NNC(CCC1CCCO1)Cc1cc(Cl)cc2c1OCC2. The number of fused-ring (bicyclic) bond motifs is 1. The maximum Gasteiger partial charge on any atom is 0.125 e. The van der Waals surface area contributed by atoms with Crippen molar-refractivity contribution in [2.45, 2.75) is 50.7 Å². The van der Waals surface area contributed by atoms with E-state index in [0.29, 0.717) is 6.10 Å². The molecule has 116 valence electrons. The van der Waals surface area contributed by atoms with Gasteiger partial charge < -0.3 is 9.47 Å². The van der Waals surface area contributed by atoms with Gasteiger partial charge in [-0.2, -0.15) is 0 Å². The molecular weight excluding hydrogens is 288 g/mol. The standard InChI is InChI=1S/C16H23ClN2O2/c17-13-8-11-5-7-21-16(11)12(9-13)10-14(19-18)3-4-15-2-1-6-20-15/h8-9,14-15,19H,1-7,10,18H2. The highest BCUT2D eigenvalue weighted by atomic mass is 35.5. The van der Waals surface area contributed by atoms with Crippen LogP contribution in [0.3, 0.4) is 0 Å². The molecule has 0 amide bonds. The molecule has 2 unspecified atom stereocenters. The molecule has 1 fully saturated rings. The smallest absolute Gasteiger partial charge is 0.125 e. The number of halogens is 1. The van der Waals surface area contributed by atoms with Gasteiger partial charge in [0.1, 0.15) is 5.75 Å². The topological polar surface area (TPSA) is 56.5 Å². The number of ether oxygens (including phenoxy) is 2. The second-order valence-electron chi connectivity index (χ2n) is 5.93. The van der Waals surface area contributed by atoms with E-state index in [1.807, 2.05) is 12.1 Å². The minimum atomic E-state index is 0.223. The summed E-state index contributed by atoms with van der Waals surface area (Å²) in [5.41, 5.74) is 5.30. The molecular formula is C16H23ClN2O2. The summed E-state index contributed by atoms with van der Waals surface area (Å²) in [6.45, 7) is 1.65. The van der Waals surface area contributed by atoms with Crippen LogP contribution in [0, 0.1) is 0 Å². The Morgan fingerprint density at radius 1 is 1.38 bits per heavy atom. The second kappa shape index (κ2) is 6.97. The molecule has 1 saturated heterocycles. The largest absolute Gasteiger partial charge is 0.493 e. The summed E-state index contributed by atoms with van der Waals surface area (Å²) in [6, 6.07) is 4.23. The Kier molecular flexibility index (Phi) is 5.01. The van der Waals surface area contributed by atoms with Crippen LogP contribution in [0.2, 0.25) is 5.02 Å². The number of hydrogen-bond acceptors (Lipinski definition) is 4. The van der Waals surface area contributed by atoms with Gasteiger partial charge in [0.2, 0.25) is 0 Å². The number of nitrogens with two attached hydrogens (primary N) is 1. The molecule has 0 aromatic heterocycles. The number of hydrogen-bond donors (Lipinski definition) is 2. The first-order valence-electron chi connectivity index (χ1n) is 7.78. The Hall–Kier alpha value is -0.810. The molecule has 2 atom stereocenters. The zero-order valence-electron chi connectivity index (χ0n) is 12.2. The molecule has 4 nitrogen and oxygen atoms in total. The summed E-state index contributed by atoms with van der Waals surface area (Å²) >= 11 is 6.21. The average Bonchev–Trinajstić information content (AvgIpc) is 3.13. The van der Waals surface area contributed by atoms with Crippen molar-refractivity contribution >= 4 is 11.6 Å². The van der Waals surface area contributed by atoms with Crippen molar-refractivity contribution in [2.24, 2.45) is 5.84 Å². The van der Waals surface area contributed by atoms with Gasteiger partial charge in [0.05, 0.1) is 12.7 Å². The maximum absolute atomic E-state index is 6.21. The molecule has 3 rings (SSSR count). The van der Waals surface area contributed by atoms with Crippen LogP contribution in [-0.2, 0) is 17.6 Å². The summed E-state index contributed by atoms with van der Waals surface area (Å²) in [6.07, 6.45) is 6.60. The molecule has 21 heavy (non-hydrogen) atoms. The minimum Gasteiger partial charge on any atom is -0.493 e. The lowest BCUT2D eigenvalue weighted by Gasteiger charge is -2.19. The van der Waals surface area contributed by atoms with E-state index in [0.717, 1.165) is 55.2 Å². The molecule has 3 N–H and O–H groups in total. The lowest BCUT2D eigenvalue weighted by Crippen LogP contribution is -2.37. The van der Waals surface area contributed by atoms with Crippen molar-refractivity contribution < 1.29 is 9.47 Å². The Balaban J connectivity index is 1.63. The van der Waals surface area contributed by atoms with Gasteiger partial charge in [-0.15, -0.1) is 0 Å². The molecule has 2 heterocycles. The molecule has 0 bridgehead atoms. The third-order valence-electron chi connectivity index (χ3n) is 4.39. The Morgan fingerprint density at radius 3 is 3.05 bits per heavy atom. The Labute approximate surface area is 130 Å². The molecule has 2 aliphatic heterocycles. The predicted octanol–water partition coefficient (Wildman–Crippen LogP) is 2.61. The fourth-order valence-corrected chi connectivity index (χ4v) is 3.53. The Morgan fingerprint density at radius 2 is 2.29 bits per heavy atom. The van der Waals surface area contributed by atoms with Gasteiger partial charge >= 0.3 is 0 Å². The highest BCUT2D eigenvalue weighted by Crippen LogP contribution is 2.34. The molecule has 0 saturated carbocycles. The molecule has 1 aromatic rings. The summed E-state index contributed by atoms with van der Waals surface area (Å²) in [5, 5.41) is 0.782. The summed E-state index contributed by atoms with van der Waals surface area (Å²) < 4.78 is 11.4. The third-order valence-corrected chi connectivity index (χ3v) is 4.61. The summed E-state index contributed by atoms with van der Waals surface area (Å²) in [4.78, 5) is 0. The van der Waals surface area contributed by atoms with E-state index in [2.05, 4.69) is 5.43 Å². The first-order valence-corrected chi connectivity index (χ1v) is 8.16. The molecule has 5 heteroatoms. The van der Waals surface area contributed by atoms with E-state index in [9.17, 15) is 0 Å². The lowest BCUT2D eigenvalue weighted by atomic mass is 9.97. The number of benzene rings is 1. The molecule has 0 aliphatic carbocycles. The zero-order valence-corrected chi connectivity index (χ0v) is 13.0. The fraction of sp³-hybridized carbons (Fsp3) is 0.625. The fourth-order valence-electron chi connectivity index (χ4n) is 3.27. The van der Waals surface area contributed by atoms with E-state index < -0.39 is 0 Å². The first-order chi connectivity index (χ1) is 10.3. The summed E-state index contributed by atoms with van der Waals surface area (Å²) in [5.74, 6) is 6.73. The monoisotopic (exact) mass is 310 g/mol. The second-order valence-corrected chi connectivity index (χ2v) is 6.37. The van der Waals surface area contributed by atoms with Crippen LogP contribution in [0.4, 0.5) is 0 Å². The van der Waals surface area contributed by atoms with Gasteiger partial charge in [-0.1, -0.05) is 11.6 Å². The molecule has 0 spiro atoms. The van der Waals surface area contributed by atoms with E-state index in [4.69, 9.17) is 26.9 Å². The van der Waals surface area contributed by atoms with Gasteiger partial charge in [-0.25, -0.2) is 0 Å². The van der Waals surface area contributed by atoms with Crippen LogP contribution in [0.15, 0.2) is 12.1 Å². The van der Waals surface area contributed by atoms with Gasteiger partial charge in [0, 0.05) is 24.1 Å². The van der Waals surface area contributed by atoms with Crippen molar-refractivity contribution in [3.63, 3.8) is 0 Å². The van der Waals surface area contributed by atoms with E-state index in [1.165, 1.54) is 18.4 Å². The number of hydrazine groups is 1. The Bertz CT molecular complexity index is 489. The van der Waals surface area contributed by atoms with Crippen LogP contribution in [0.5, 0.6) is 5.75 Å².